The Morgan fingerprint density at radius 2 is 2.11 bits per heavy atom. The highest BCUT2D eigenvalue weighted by atomic mass is 19.1. The number of primary amides is 1. The molecule has 35 heavy (non-hydrogen) atoms. The topological polar surface area (TPSA) is 151 Å². The molecule has 1 amide bonds. The number of amides is 1. The van der Waals surface area contributed by atoms with E-state index in [1.54, 1.807) is 0 Å². The minimum Gasteiger partial charge on any atom is -0.384 e. The van der Waals surface area contributed by atoms with Gasteiger partial charge in [0.2, 0.25) is 5.95 Å². The van der Waals surface area contributed by atoms with Crippen molar-refractivity contribution < 1.29 is 9.18 Å². The molecule has 5 N–H and O–H groups in total. The number of aliphatic imine (C=N–C) groups is 1. The van der Waals surface area contributed by atoms with Crippen LogP contribution in [0.5, 0.6) is 0 Å². The van der Waals surface area contributed by atoms with Crippen LogP contribution in [0.1, 0.15) is 24.8 Å². The quantitative estimate of drug-likeness (QED) is 0.194. The lowest BCUT2D eigenvalue weighted by Gasteiger charge is -2.41. The molecule has 1 fully saturated rings. The summed E-state index contributed by atoms with van der Waals surface area (Å²) in [6.07, 6.45) is 8.05. The summed E-state index contributed by atoms with van der Waals surface area (Å²) in [5.74, 6) is -1.66. The van der Waals surface area contributed by atoms with Gasteiger partial charge in [0.15, 0.2) is 0 Å². The number of aromatic nitrogens is 3. The van der Waals surface area contributed by atoms with Gasteiger partial charge in [-0.1, -0.05) is 6.07 Å². The van der Waals surface area contributed by atoms with E-state index in [-0.39, 0.29) is 23.5 Å². The van der Waals surface area contributed by atoms with Gasteiger partial charge in [0.1, 0.15) is 5.84 Å². The van der Waals surface area contributed by atoms with E-state index in [4.69, 9.17) is 11.5 Å². The molecule has 3 aromatic rings. The smallest absolute Gasteiger partial charge is 0.253 e. The first-order chi connectivity index (χ1) is 16.9. The number of nitrogens with zero attached hydrogens (tertiary/aromatic N) is 6. The fourth-order valence-electron chi connectivity index (χ4n) is 4.17. The third kappa shape index (κ3) is 5.62. The van der Waals surface area contributed by atoms with Crippen LogP contribution in [0.25, 0.3) is 5.52 Å². The number of piperidine rings is 1. The van der Waals surface area contributed by atoms with Crippen LogP contribution in [0, 0.1) is 17.3 Å². The van der Waals surface area contributed by atoms with Gasteiger partial charge >= 0.3 is 0 Å². The van der Waals surface area contributed by atoms with Crippen molar-refractivity contribution in [2.75, 3.05) is 13.1 Å². The van der Waals surface area contributed by atoms with Crippen molar-refractivity contribution in [3.63, 3.8) is 0 Å². The Kier molecular flexibility index (Phi) is 7.03. The molecule has 0 aliphatic carbocycles. The van der Waals surface area contributed by atoms with Crippen molar-refractivity contribution in [3.05, 3.63) is 72.2 Å². The second kappa shape index (κ2) is 10.3. The number of carbonyl (C=O) groups is 1. The summed E-state index contributed by atoms with van der Waals surface area (Å²) in [6.45, 7) is 2.25. The number of nitrogens with two attached hydrogens (primary N) is 2. The van der Waals surface area contributed by atoms with Gasteiger partial charge in [0, 0.05) is 49.9 Å². The minimum absolute atomic E-state index is 0.0479. The van der Waals surface area contributed by atoms with Gasteiger partial charge in [0.05, 0.1) is 41.0 Å². The SMILES string of the molecule is N#CCC1(N/C=C(/C(N)=O)C(N)=Nc2ccnc(F)c2)CCN(Cc2cnn3ccccc23)CC1. The first kappa shape index (κ1) is 23.8. The van der Waals surface area contributed by atoms with Crippen LogP contribution in [0.4, 0.5) is 10.1 Å². The average molecular weight is 476 g/mol. The fourth-order valence-corrected chi connectivity index (χ4v) is 4.17. The van der Waals surface area contributed by atoms with Gasteiger partial charge in [-0.25, -0.2) is 14.5 Å². The van der Waals surface area contributed by atoms with E-state index >= 15 is 0 Å². The van der Waals surface area contributed by atoms with Gasteiger partial charge in [-0.3, -0.25) is 9.69 Å². The van der Waals surface area contributed by atoms with Crippen molar-refractivity contribution in [2.45, 2.75) is 31.3 Å². The maximum Gasteiger partial charge on any atom is 0.253 e. The molecule has 4 heterocycles. The number of pyridine rings is 2. The highest BCUT2D eigenvalue weighted by Gasteiger charge is 2.34. The van der Waals surface area contributed by atoms with Crippen molar-refractivity contribution >= 4 is 22.9 Å². The standard InChI is InChI=1S/C24H26FN9O/c25-21-13-18(4-9-29-21)32-22(27)19(23(28)35)15-30-24(5-8-26)6-11-33(12-7-24)16-17-14-31-34-10-2-1-3-20(17)34/h1-4,9-10,13-15,30H,5-7,11-12,16H2,(H2,28,35)(H2,27,29,32)/b19-15+. The van der Waals surface area contributed by atoms with Crippen LogP contribution in [-0.2, 0) is 11.3 Å². The molecule has 0 unspecified atom stereocenters. The number of hydrogen-bond donors (Lipinski definition) is 3. The lowest BCUT2D eigenvalue weighted by molar-refractivity contribution is -0.114. The minimum atomic E-state index is -0.786. The van der Waals surface area contributed by atoms with Gasteiger partial charge in [0.25, 0.3) is 5.91 Å². The second-order valence-corrected chi connectivity index (χ2v) is 8.49. The molecule has 0 atom stereocenters. The van der Waals surface area contributed by atoms with Crippen LogP contribution in [0.15, 0.2) is 65.7 Å². The second-order valence-electron chi connectivity index (χ2n) is 8.49. The molecule has 180 valence electrons. The molecule has 1 saturated heterocycles. The first-order valence-corrected chi connectivity index (χ1v) is 11.1. The molecule has 0 spiro atoms. The van der Waals surface area contributed by atoms with E-state index in [0.717, 1.165) is 36.8 Å². The number of rotatable bonds is 8. The average Bonchev–Trinajstić information content (AvgIpc) is 3.23. The zero-order chi connectivity index (χ0) is 24.8. The van der Waals surface area contributed by atoms with E-state index in [1.807, 2.05) is 35.1 Å². The summed E-state index contributed by atoms with van der Waals surface area (Å²) in [4.78, 5) is 21.9. The van der Waals surface area contributed by atoms with Crippen LogP contribution in [-0.4, -0.2) is 49.9 Å². The lowest BCUT2D eigenvalue weighted by Crippen LogP contribution is -2.51. The number of carbonyl (C=O) groups excluding carboxylic acids is 1. The Morgan fingerprint density at radius 3 is 2.83 bits per heavy atom. The van der Waals surface area contributed by atoms with E-state index in [1.165, 1.54) is 18.5 Å². The Bertz CT molecular complexity index is 1320. The first-order valence-electron chi connectivity index (χ1n) is 11.1. The Morgan fingerprint density at radius 1 is 1.31 bits per heavy atom. The van der Waals surface area contributed by atoms with Crippen molar-refractivity contribution in [1.82, 2.24) is 24.8 Å². The van der Waals surface area contributed by atoms with E-state index < -0.39 is 17.4 Å². The summed E-state index contributed by atoms with van der Waals surface area (Å²) < 4.78 is 15.2. The third-order valence-corrected chi connectivity index (χ3v) is 6.15. The molecule has 3 aromatic heterocycles. The Balaban J connectivity index is 1.46. The fraction of sp³-hybridized carbons (Fsp3) is 0.292. The van der Waals surface area contributed by atoms with Crippen LogP contribution in [0.3, 0.4) is 0 Å². The van der Waals surface area contributed by atoms with Crippen molar-refractivity contribution in [3.8, 4) is 6.07 Å². The number of fused-ring (bicyclic) bond motifs is 1. The summed E-state index contributed by atoms with van der Waals surface area (Å²) in [6, 6.07) is 10.8. The maximum absolute atomic E-state index is 13.4. The van der Waals surface area contributed by atoms with Gasteiger partial charge in [-0.05, 0) is 31.0 Å². The van der Waals surface area contributed by atoms with Crippen LogP contribution in [0.2, 0.25) is 0 Å². The van der Waals surface area contributed by atoms with E-state index in [9.17, 15) is 14.4 Å². The molecule has 1 aliphatic rings. The zero-order valence-corrected chi connectivity index (χ0v) is 19.1. The summed E-state index contributed by atoms with van der Waals surface area (Å²) >= 11 is 0. The zero-order valence-electron chi connectivity index (χ0n) is 19.1. The van der Waals surface area contributed by atoms with Crippen LogP contribution < -0.4 is 16.8 Å². The Hall–Kier alpha value is -4.30. The Labute approximate surface area is 201 Å². The van der Waals surface area contributed by atoms with Crippen molar-refractivity contribution in [1.29, 1.82) is 5.26 Å². The number of amidine groups is 1. The van der Waals surface area contributed by atoms with Gasteiger partial charge < -0.3 is 16.8 Å². The van der Waals surface area contributed by atoms with Crippen molar-refractivity contribution in [2.24, 2.45) is 16.5 Å². The largest absolute Gasteiger partial charge is 0.384 e. The van der Waals surface area contributed by atoms with Gasteiger partial charge in [-0.2, -0.15) is 14.8 Å². The normalized spacial score (nSPS) is 16.7. The molecule has 0 saturated carbocycles. The summed E-state index contributed by atoms with van der Waals surface area (Å²) in [7, 11) is 0. The molecule has 10 nitrogen and oxygen atoms in total. The molecule has 0 radical (unpaired) electrons. The number of likely N-dealkylation sites (tertiary alicyclic amines) is 1. The lowest BCUT2D eigenvalue weighted by atomic mass is 9.84. The number of halogens is 1. The number of hydrogen-bond acceptors (Lipinski definition) is 7. The predicted octanol–water partition coefficient (Wildman–Crippen LogP) is 1.76. The summed E-state index contributed by atoms with van der Waals surface area (Å²) in [5.41, 5.74) is 13.3. The van der Waals surface area contributed by atoms with E-state index in [0.29, 0.717) is 12.8 Å². The number of nitrogens with one attached hydrogen (secondary N) is 1. The van der Waals surface area contributed by atoms with E-state index in [2.05, 4.69) is 31.4 Å². The molecule has 1 aliphatic heterocycles. The number of nitriles is 1. The molecule has 4 rings (SSSR count). The summed E-state index contributed by atoms with van der Waals surface area (Å²) in [5, 5.41) is 17.1. The highest BCUT2D eigenvalue weighted by molar-refractivity contribution is 6.20. The predicted molar refractivity (Wildman–Crippen MR) is 129 cm³/mol. The third-order valence-electron chi connectivity index (χ3n) is 6.15. The maximum atomic E-state index is 13.4. The molecule has 0 bridgehead atoms. The van der Waals surface area contributed by atoms with Gasteiger partial charge in [-0.15, -0.1) is 0 Å². The van der Waals surface area contributed by atoms with Crippen LogP contribution >= 0.6 is 0 Å². The molecular formula is C24H26FN9O. The highest BCUT2D eigenvalue weighted by Crippen LogP contribution is 2.27. The molecule has 0 aromatic carbocycles. The molecule has 11 heteroatoms. The molecular weight excluding hydrogens is 449 g/mol. The monoisotopic (exact) mass is 475 g/mol.